The average Bonchev–Trinajstić information content (AvgIpc) is 3.15. The Hall–Kier alpha value is -2.68. The van der Waals surface area contributed by atoms with Gasteiger partial charge in [-0.1, -0.05) is 42.1 Å². The molecular formula is C17H21N7OS. The standard InChI is InChI=1S/C17H21N7OS/c1-12-15(9-18-16(25)11-26-17-19-21-22-23(17)3)13(2)24(20-12)10-14-7-5-4-6-8-14/h4-8H,9-11H2,1-3H3,(H,18,25). The molecule has 0 aliphatic rings. The molecule has 0 spiro atoms. The molecule has 1 aromatic carbocycles. The zero-order valence-electron chi connectivity index (χ0n) is 15.0. The van der Waals surface area contributed by atoms with Crippen LogP contribution < -0.4 is 5.32 Å². The van der Waals surface area contributed by atoms with Gasteiger partial charge in [-0.3, -0.25) is 9.48 Å². The van der Waals surface area contributed by atoms with Crippen LogP contribution in [0.2, 0.25) is 0 Å². The van der Waals surface area contributed by atoms with Gasteiger partial charge in [0.25, 0.3) is 0 Å². The van der Waals surface area contributed by atoms with E-state index in [2.05, 4.69) is 38.1 Å². The van der Waals surface area contributed by atoms with Crippen molar-refractivity contribution in [3.63, 3.8) is 0 Å². The maximum absolute atomic E-state index is 12.1. The maximum Gasteiger partial charge on any atom is 0.230 e. The van der Waals surface area contributed by atoms with Crippen LogP contribution in [-0.4, -0.2) is 41.6 Å². The van der Waals surface area contributed by atoms with E-state index in [1.54, 1.807) is 11.7 Å². The molecule has 0 radical (unpaired) electrons. The third-order valence-electron chi connectivity index (χ3n) is 4.08. The van der Waals surface area contributed by atoms with Crippen molar-refractivity contribution >= 4 is 17.7 Å². The van der Waals surface area contributed by atoms with Crippen LogP contribution in [0.3, 0.4) is 0 Å². The van der Waals surface area contributed by atoms with Crippen LogP contribution in [0.1, 0.15) is 22.5 Å². The van der Waals surface area contributed by atoms with Crippen LogP contribution in [0.25, 0.3) is 0 Å². The molecule has 0 aliphatic carbocycles. The van der Waals surface area contributed by atoms with Crippen LogP contribution in [0.4, 0.5) is 0 Å². The van der Waals surface area contributed by atoms with Gasteiger partial charge >= 0.3 is 0 Å². The highest BCUT2D eigenvalue weighted by Gasteiger charge is 2.13. The number of rotatable bonds is 7. The van der Waals surface area contributed by atoms with Crippen LogP contribution >= 0.6 is 11.8 Å². The summed E-state index contributed by atoms with van der Waals surface area (Å²) in [6.45, 7) is 5.18. The first-order valence-electron chi connectivity index (χ1n) is 8.23. The molecule has 0 aliphatic heterocycles. The van der Waals surface area contributed by atoms with Gasteiger partial charge in [-0.2, -0.15) is 5.10 Å². The van der Waals surface area contributed by atoms with Crippen molar-refractivity contribution in [1.29, 1.82) is 0 Å². The highest BCUT2D eigenvalue weighted by molar-refractivity contribution is 7.99. The summed E-state index contributed by atoms with van der Waals surface area (Å²) >= 11 is 1.31. The molecule has 0 unspecified atom stereocenters. The molecule has 0 bridgehead atoms. The van der Waals surface area contributed by atoms with E-state index in [4.69, 9.17) is 0 Å². The third-order valence-corrected chi connectivity index (χ3v) is 5.09. The lowest BCUT2D eigenvalue weighted by Crippen LogP contribution is -2.25. The summed E-state index contributed by atoms with van der Waals surface area (Å²) in [5.41, 5.74) is 4.25. The van der Waals surface area contributed by atoms with Gasteiger partial charge in [-0.05, 0) is 29.8 Å². The highest BCUT2D eigenvalue weighted by Crippen LogP contribution is 2.15. The zero-order valence-corrected chi connectivity index (χ0v) is 15.8. The molecule has 0 atom stereocenters. The second-order valence-electron chi connectivity index (χ2n) is 5.94. The molecule has 1 N–H and O–H groups in total. The van der Waals surface area contributed by atoms with E-state index in [1.807, 2.05) is 36.7 Å². The van der Waals surface area contributed by atoms with Crippen LogP contribution in [0, 0.1) is 13.8 Å². The van der Waals surface area contributed by atoms with Gasteiger partial charge in [0.15, 0.2) is 0 Å². The van der Waals surface area contributed by atoms with Gasteiger partial charge in [-0.15, -0.1) is 5.10 Å². The largest absolute Gasteiger partial charge is 0.351 e. The van der Waals surface area contributed by atoms with Gasteiger partial charge in [-0.25, -0.2) is 4.68 Å². The van der Waals surface area contributed by atoms with Gasteiger partial charge in [0.1, 0.15) is 0 Å². The molecule has 2 heterocycles. The number of benzene rings is 1. The van der Waals surface area contributed by atoms with E-state index >= 15 is 0 Å². The number of nitrogens with zero attached hydrogens (tertiary/aromatic N) is 6. The number of tetrazole rings is 1. The van der Waals surface area contributed by atoms with E-state index in [1.165, 1.54) is 17.3 Å². The molecule has 1 amide bonds. The van der Waals surface area contributed by atoms with Crippen molar-refractivity contribution in [1.82, 2.24) is 35.3 Å². The van der Waals surface area contributed by atoms with Crippen LogP contribution in [0.15, 0.2) is 35.5 Å². The predicted octanol–water partition coefficient (Wildman–Crippen LogP) is 1.48. The minimum Gasteiger partial charge on any atom is -0.351 e. The Morgan fingerprint density at radius 3 is 2.69 bits per heavy atom. The number of carbonyl (C=O) groups excluding carboxylic acids is 1. The molecule has 3 rings (SSSR count). The summed E-state index contributed by atoms with van der Waals surface area (Å²) in [6, 6.07) is 10.2. The maximum atomic E-state index is 12.1. The fourth-order valence-electron chi connectivity index (χ4n) is 2.61. The number of carbonyl (C=O) groups is 1. The molecule has 26 heavy (non-hydrogen) atoms. The lowest BCUT2D eigenvalue weighted by molar-refractivity contribution is -0.118. The van der Waals surface area contributed by atoms with E-state index in [0.29, 0.717) is 11.7 Å². The van der Waals surface area contributed by atoms with Gasteiger partial charge in [0.2, 0.25) is 11.1 Å². The summed E-state index contributed by atoms with van der Waals surface area (Å²) in [6.07, 6.45) is 0. The van der Waals surface area contributed by atoms with Crippen LogP contribution in [-0.2, 0) is 24.9 Å². The lowest BCUT2D eigenvalue weighted by Gasteiger charge is -2.07. The fraction of sp³-hybridized carbons (Fsp3) is 0.353. The van der Waals surface area contributed by atoms with E-state index in [9.17, 15) is 4.79 Å². The number of aryl methyl sites for hydroxylation is 2. The molecule has 0 saturated heterocycles. The van der Waals surface area contributed by atoms with Crippen molar-refractivity contribution in [3.8, 4) is 0 Å². The number of nitrogens with one attached hydrogen (secondary N) is 1. The Morgan fingerprint density at radius 2 is 2.00 bits per heavy atom. The van der Waals surface area contributed by atoms with E-state index < -0.39 is 0 Å². The number of aromatic nitrogens is 6. The Kier molecular flexibility index (Phi) is 5.67. The Morgan fingerprint density at radius 1 is 1.23 bits per heavy atom. The van der Waals surface area contributed by atoms with Crippen molar-refractivity contribution in [2.24, 2.45) is 7.05 Å². The van der Waals surface area contributed by atoms with E-state index in [0.717, 1.165) is 23.5 Å². The summed E-state index contributed by atoms with van der Waals surface area (Å²) < 4.78 is 3.52. The summed E-state index contributed by atoms with van der Waals surface area (Å²) in [7, 11) is 1.74. The van der Waals surface area contributed by atoms with Crippen LogP contribution in [0.5, 0.6) is 0 Å². The van der Waals surface area contributed by atoms with Gasteiger partial charge in [0, 0.05) is 24.8 Å². The lowest BCUT2D eigenvalue weighted by atomic mass is 10.2. The second-order valence-corrected chi connectivity index (χ2v) is 6.89. The molecule has 136 valence electrons. The van der Waals surface area contributed by atoms with Crippen molar-refractivity contribution in [2.75, 3.05) is 5.75 Å². The topological polar surface area (TPSA) is 90.5 Å². The first-order valence-corrected chi connectivity index (χ1v) is 9.22. The van der Waals surface area contributed by atoms with Gasteiger partial charge in [0.05, 0.1) is 18.0 Å². The quantitative estimate of drug-likeness (QED) is 0.633. The normalized spacial score (nSPS) is 10.9. The first kappa shape index (κ1) is 18.1. The molecule has 0 fully saturated rings. The van der Waals surface area contributed by atoms with Crippen molar-refractivity contribution in [2.45, 2.75) is 32.1 Å². The monoisotopic (exact) mass is 371 g/mol. The Bertz CT molecular complexity index is 888. The average molecular weight is 371 g/mol. The Balaban J connectivity index is 1.57. The smallest absolute Gasteiger partial charge is 0.230 e. The minimum atomic E-state index is -0.0624. The second kappa shape index (κ2) is 8.13. The highest BCUT2D eigenvalue weighted by atomic mass is 32.2. The third kappa shape index (κ3) is 4.29. The van der Waals surface area contributed by atoms with E-state index in [-0.39, 0.29) is 11.7 Å². The van der Waals surface area contributed by atoms with Crippen molar-refractivity contribution < 1.29 is 4.79 Å². The molecule has 2 aromatic heterocycles. The first-order chi connectivity index (χ1) is 12.5. The molecule has 0 saturated carbocycles. The fourth-order valence-corrected chi connectivity index (χ4v) is 3.29. The Labute approximate surface area is 156 Å². The summed E-state index contributed by atoms with van der Waals surface area (Å²) in [5.74, 6) is 0.206. The zero-order chi connectivity index (χ0) is 18.5. The summed E-state index contributed by atoms with van der Waals surface area (Å²) in [5, 5.41) is 19.3. The molecule has 8 nitrogen and oxygen atoms in total. The molecule has 3 aromatic rings. The minimum absolute atomic E-state index is 0.0624. The molecule has 9 heteroatoms. The number of hydrogen-bond donors (Lipinski definition) is 1. The number of amides is 1. The molecular weight excluding hydrogens is 350 g/mol. The van der Waals surface area contributed by atoms with Gasteiger partial charge < -0.3 is 5.32 Å². The summed E-state index contributed by atoms with van der Waals surface area (Å²) in [4.78, 5) is 12.1. The SMILES string of the molecule is Cc1nn(Cc2ccccc2)c(C)c1CNC(=O)CSc1nnnn1C. The number of hydrogen-bond acceptors (Lipinski definition) is 6. The number of thioether (sulfide) groups is 1. The predicted molar refractivity (Wildman–Crippen MR) is 98.6 cm³/mol. The van der Waals surface area contributed by atoms with Crippen molar-refractivity contribution in [3.05, 3.63) is 52.8 Å².